The quantitative estimate of drug-likeness (QED) is 0.144. The van der Waals surface area contributed by atoms with Crippen LogP contribution in [0.2, 0.25) is 0 Å². The van der Waals surface area contributed by atoms with Gasteiger partial charge in [0.1, 0.15) is 0 Å². The van der Waals surface area contributed by atoms with E-state index in [1.165, 1.54) is 12.1 Å². The molecule has 1 rings (SSSR count). The molecule has 1 aromatic rings. The van der Waals surface area contributed by atoms with E-state index >= 15 is 0 Å². The van der Waals surface area contributed by atoms with Crippen molar-refractivity contribution in [2.75, 3.05) is 59.4 Å². The summed E-state index contributed by atoms with van der Waals surface area (Å²) in [6, 6.07) is 4.56. The van der Waals surface area contributed by atoms with Crippen molar-refractivity contribution in [3.8, 4) is 48.5 Å². The minimum atomic E-state index is -0.616. The van der Waals surface area contributed by atoms with Crippen LogP contribution in [-0.2, 0) is 30.2 Å². The second-order valence-corrected chi connectivity index (χ2v) is 8.25. The summed E-state index contributed by atoms with van der Waals surface area (Å²) in [7, 11) is 0. The minimum absolute atomic E-state index is 0.163. The normalized spacial score (nSPS) is 10.8. The predicted octanol–water partition coefficient (Wildman–Crippen LogP) is 2.27. The van der Waals surface area contributed by atoms with Gasteiger partial charge in [0.05, 0.1) is 58.3 Å². The molecule has 0 saturated carbocycles. The van der Waals surface area contributed by atoms with E-state index < -0.39 is 5.41 Å². The summed E-state index contributed by atoms with van der Waals surface area (Å²) < 4.78 is 23.2. The van der Waals surface area contributed by atoms with Crippen LogP contribution < -0.4 is 5.32 Å². The van der Waals surface area contributed by atoms with Crippen molar-refractivity contribution < 1.29 is 34.0 Å². The van der Waals surface area contributed by atoms with E-state index in [1.54, 1.807) is 6.07 Å². The first kappa shape index (κ1) is 30.8. The van der Waals surface area contributed by atoms with Crippen molar-refractivity contribution in [2.45, 2.75) is 32.1 Å². The highest BCUT2D eigenvalue weighted by Gasteiger charge is 2.32. The maximum atomic E-state index is 12.2. The zero-order valence-corrected chi connectivity index (χ0v) is 20.8. The highest BCUT2D eigenvalue weighted by molar-refractivity contribution is 5.75. The Bertz CT molecular complexity index is 840. The highest BCUT2D eigenvalue weighted by Crippen LogP contribution is 2.25. The van der Waals surface area contributed by atoms with Gasteiger partial charge in [-0.1, -0.05) is 6.07 Å². The smallest absolute Gasteiger partial charge is 0.222 e. The second-order valence-electron chi connectivity index (χ2n) is 8.25. The van der Waals surface area contributed by atoms with Crippen LogP contribution in [0.4, 0.5) is 0 Å². The van der Waals surface area contributed by atoms with Crippen molar-refractivity contribution in [2.24, 2.45) is 5.41 Å². The number of aromatic hydroxyl groups is 2. The van der Waals surface area contributed by atoms with E-state index in [2.05, 4.69) is 23.1 Å². The van der Waals surface area contributed by atoms with Gasteiger partial charge in [0, 0.05) is 32.2 Å². The third kappa shape index (κ3) is 13.6. The fourth-order valence-corrected chi connectivity index (χ4v) is 3.12. The van der Waals surface area contributed by atoms with Crippen LogP contribution in [0, 0.1) is 42.4 Å². The summed E-state index contributed by atoms with van der Waals surface area (Å²) >= 11 is 0. The van der Waals surface area contributed by atoms with Gasteiger partial charge in [-0.15, -0.1) is 37.0 Å². The average molecular weight is 500 g/mol. The van der Waals surface area contributed by atoms with Crippen LogP contribution in [0.5, 0.6) is 11.5 Å². The van der Waals surface area contributed by atoms with Crippen molar-refractivity contribution >= 4 is 5.91 Å². The topological polar surface area (TPSA) is 106 Å². The Hall–Kier alpha value is -3.19. The van der Waals surface area contributed by atoms with Gasteiger partial charge < -0.3 is 34.5 Å². The number of phenolic OH excluding ortho intramolecular Hbond substituents is 2. The van der Waals surface area contributed by atoms with E-state index in [0.717, 1.165) is 5.56 Å². The number of amides is 1. The molecule has 0 bridgehead atoms. The van der Waals surface area contributed by atoms with E-state index in [-0.39, 0.29) is 37.0 Å². The van der Waals surface area contributed by atoms with Gasteiger partial charge in [-0.05, 0) is 24.1 Å². The molecule has 0 saturated heterocycles. The van der Waals surface area contributed by atoms with Gasteiger partial charge >= 0.3 is 0 Å². The fourth-order valence-electron chi connectivity index (χ4n) is 3.12. The number of hydrogen-bond acceptors (Lipinski definition) is 7. The molecule has 3 N–H and O–H groups in total. The van der Waals surface area contributed by atoms with Crippen LogP contribution >= 0.6 is 0 Å². The lowest BCUT2D eigenvalue weighted by atomic mass is 9.92. The molecule has 8 heteroatoms. The molecule has 0 heterocycles. The van der Waals surface area contributed by atoms with Crippen LogP contribution in [0.1, 0.15) is 31.2 Å². The summed E-state index contributed by atoms with van der Waals surface area (Å²) in [5.41, 5.74) is 0.181. The molecular weight excluding hydrogens is 462 g/mol. The van der Waals surface area contributed by atoms with E-state index in [4.69, 9.17) is 38.2 Å². The first-order valence-corrected chi connectivity index (χ1v) is 11.9. The van der Waals surface area contributed by atoms with Crippen molar-refractivity contribution in [3.63, 3.8) is 0 Å². The Morgan fingerprint density at radius 1 is 0.806 bits per heavy atom. The summed E-state index contributed by atoms with van der Waals surface area (Å²) in [5.74, 6) is 7.09. The lowest BCUT2D eigenvalue weighted by Gasteiger charge is -2.33. The lowest BCUT2D eigenvalue weighted by Crippen LogP contribution is -2.42. The highest BCUT2D eigenvalue weighted by atomic mass is 16.5. The van der Waals surface area contributed by atoms with Gasteiger partial charge in [0.25, 0.3) is 0 Å². The monoisotopic (exact) mass is 499 g/mol. The van der Waals surface area contributed by atoms with Gasteiger partial charge in [-0.2, -0.15) is 0 Å². The number of ether oxygens (including phenoxy) is 4. The average Bonchev–Trinajstić information content (AvgIpc) is 2.87. The number of nitrogens with one attached hydrogen (secondary N) is 1. The van der Waals surface area contributed by atoms with Crippen LogP contribution in [0.15, 0.2) is 18.2 Å². The van der Waals surface area contributed by atoms with Crippen LogP contribution in [-0.4, -0.2) is 75.5 Å². The Balaban J connectivity index is 2.55. The Morgan fingerprint density at radius 2 is 1.31 bits per heavy atom. The standard InChI is InChI=1S/C28H37NO7/c1-4-7-15-33-20-28(21-34-16-8-5-2,22-35-17-9-6-3)23-36-18-13-27(32)29-14-12-24-10-11-25(30)26(31)19-24/h1-3,10-11,19,30-31H,7-9,12-18,20-23H2,(H,29,32). The van der Waals surface area contributed by atoms with E-state index in [1.807, 2.05) is 0 Å². The zero-order valence-electron chi connectivity index (χ0n) is 20.8. The van der Waals surface area contributed by atoms with Gasteiger partial charge in [-0.3, -0.25) is 4.79 Å². The number of terminal acetylenes is 3. The molecule has 0 aliphatic carbocycles. The van der Waals surface area contributed by atoms with E-state index in [0.29, 0.717) is 71.9 Å². The number of carbonyl (C=O) groups excluding carboxylic acids is 1. The van der Waals surface area contributed by atoms with Crippen LogP contribution in [0.3, 0.4) is 0 Å². The summed E-state index contributed by atoms with van der Waals surface area (Å²) in [5, 5.41) is 21.7. The van der Waals surface area contributed by atoms with Gasteiger partial charge in [0.15, 0.2) is 11.5 Å². The van der Waals surface area contributed by atoms with Gasteiger partial charge in [-0.25, -0.2) is 0 Å². The lowest BCUT2D eigenvalue weighted by molar-refractivity contribution is -0.124. The molecule has 0 atom stereocenters. The maximum Gasteiger partial charge on any atom is 0.222 e. The molecule has 8 nitrogen and oxygen atoms in total. The molecule has 196 valence electrons. The summed E-state index contributed by atoms with van der Waals surface area (Å²) in [6.07, 6.45) is 18.1. The minimum Gasteiger partial charge on any atom is -0.504 e. The number of carbonyl (C=O) groups is 1. The zero-order chi connectivity index (χ0) is 26.5. The molecule has 1 amide bonds. The third-order valence-electron chi connectivity index (χ3n) is 5.05. The largest absolute Gasteiger partial charge is 0.504 e. The Morgan fingerprint density at radius 3 is 1.78 bits per heavy atom. The first-order valence-electron chi connectivity index (χ1n) is 11.9. The molecule has 0 fully saturated rings. The predicted molar refractivity (Wildman–Crippen MR) is 137 cm³/mol. The molecule has 0 spiro atoms. The number of rotatable bonds is 20. The Kier molecular flexibility index (Phi) is 16.3. The molecule has 1 aromatic carbocycles. The first-order chi connectivity index (χ1) is 17.5. The second kappa shape index (κ2) is 19.1. The molecule has 0 unspecified atom stereocenters. The van der Waals surface area contributed by atoms with Crippen molar-refractivity contribution in [3.05, 3.63) is 23.8 Å². The molecule has 36 heavy (non-hydrogen) atoms. The summed E-state index contributed by atoms with van der Waals surface area (Å²) in [6.45, 7) is 2.92. The van der Waals surface area contributed by atoms with Crippen molar-refractivity contribution in [1.82, 2.24) is 5.32 Å². The molecule has 0 aliphatic rings. The van der Waals surface area contributed by atoms with Gasteiger partial charge in [0.2, 0.25) is 5.91 Å². The number of benzene rings is 1. The number of phenols is 2. The maximum absolute atomic E-state index is 12.2. The Labute approximate surface area is 214 Å². The van der Waals surface area contributed by atoms with Crippen LogP contribution in [0.25, 0.3) is 0 Å². The molecule has 0 radical (unpaired) electrons. The molecule has 0 aliphatic heterocycles. The molecule has 0 aromatic heterocycles. The fraction of sp³-hybridized carbons (Fsp3) is 0.536. The SMILES string of the molecule is C#CCCOCC(COCCC#C)(COCCC#C)COCCC(=O)NCCc1ccc(O)c(O)c1. The van der Waals surface area contributed by atoms with Crippen molar-refractivity contribution in [1.29, 1.82) is 0 Å². The number of hydrogen-bond donors (Lipinski definition) is 3. The molecular formula is C28H37NO7. The third-order valence-corrected chi connectivity index (χ3v) is 5.05. The summed E-state index contributed by atoms with van der Waals surface area (Å²) in [4.78, 5) is 12.2. The van der Waals surface area contributed by atoms with E-state index in [9.17, 15) is 15.0 Å².